The second-order valence-corrected chi connectivity index (χ2v) is 4.75. The molecule has 4 heteroatoms. The van der Waals surface area contributed by atoms with Gasteiger partial charge in [0.05, 0.1) is 13.7 Å². The predicted molar refractivity (Wildman–Crippen MR) is 81.6 cm³/mol. The SMILES string of the molecule is CCOCCCOc1ccc(OC)cc1CC(N)CC. The molecule has 2 N–H and O–H groups in total. The fraction of sp³-hybridized carbons (Fsp3) is 0.625. The maximum atomic E-state index is 6.04. The maximum absolute atomic E-state index is 6.04. The Kier molecular flexibility index (Phi) is 8.07. The molecule has 114 valence electrons. The average Bonchev–Trinajstić information content (AvgIpc) is 2.48. The number of methoxy groups -OCH3 is 1. The van der Waals surface area contributed by atoms with E-state index < -0.39 is 0 Å². The van der Waals surface area contributed by atoms with Crippen LogP contribution in [0.4, 0.5) is 0 Å². The highest BCUT2D eigenvalue weighted by molar-refractivity contribution is 5.40. The molecule has 1 unspecified atom stereocenters. The summed E-state index contributed by atoms with van der Waals surface area (Å²) < 4.78 is 16.4. The van der Waals surface area contributed by atoms with Crippen molar-refractivity contribution in [1.29, 1.82) is 0 Å². The zero-order chi connectivity index (χ0) is 14.8. The number of rotatable bonds is 10. The Labute approximate surface area is 122 Å². The van der Waals surface area contributed by atoms with Gasteiger partial charge < -0.3 is 19.9 Å². The second kappa shape index (κ2) is 9.61. The lowest BCUT2D eigenvalue weighted by Crippen LogP contribution is -2.21. The molecule has 4 nitrogen and oxygen atoms in total. The average molecular weight is 281 g/mol. The molecule has 0 saturated heterocycles. The third-order valence-electron chi connectivity index (χ3n) is 3.17. The Morgan fingerprint density at radius 1 is 1.20 bits per heavy atom. The fourth-order valence-corrected chi connectivity index (χ4v) is 1.90. The minimum Gasteiger partial charge on any atom is -0.497 e. The molecule has 0 amide bonds. The van der Waals surface area contributed by atoms with Gasteiger partial charge in [0, 0.05) is 25.7 Å². The van der Waals surface area contributed by atoms with Gasteiger partial charge in [0.1, 0.15) is 11.5 Å². The molecule has 20 heavy (non-hydrogen) atoms. The molecular weight excluding hydrogens is 254 g/mol. The van der Waals surface area contributed by atoms with Crippen molar-refractivity contribution in [2.75, 3.05) is 26.9 Å². The van der Waals surface area contributed by atoms with Crippen LogP contribution in [0, 0.1) is 0 Å². The van der Waals surface area contributed by atoms with Crippen molar-refractivity contribution in [2.24, 2.45) is 5.73 Å². The van der Waals surface area contributed by atoms with Crippen molar-refractivity contribution in [1.82, 2.24) is 0 Å². The Morgan fingerprint density at radius 3 is 2.65 bits per heavy atom. The van der Waals surface area contributed by atoms with Gasteiger partial charge in [-0.05, 0) is 43.5 Å². The van der Waals surface area contributed by atoms with Crippen LogP contribution in [0.5, 0.6) is 11.5 Å². The van der Waals surface area contributed by atoms with Crippen molar-refractivity contribution in [2.45, 2.75) is 39.2 Å². The van der Waals surface area contributed by atoms with Crippen LogP contribution in [0.3, 0.4) is 0 Å². The van der Waals surface area contributed by atoms with E-state index in [1.54, 1.807) is 7.11 Å². The van der Waals surface area contributed by atoms with E-state index in [1.807, 2.05) is 25.1 Å². The molecule has 1 rings (SSSR count). The van der Waals surface area contributed by atoms with E-state index in [9.17, 15) is 0 Å². The quantitative estimate of drug-likeness (QED) is 0.670. The number of benzene rings is 1. The summed E-state index contributed by atoms with van der Waals surface area (Å²) in [5, 5.41) is 0. The lowest BCUT2D eigenvalue weighted by molar-refractivity contribution is 0.130. The largest absolute Gasteiger partial charge is 0.497 e. The van der Waals surface area contributed by atoms with Crippen molar-refractivity contribution in [3.63, 3.8) is 0 Å². The molecule has 0 fully saturated rings. The van der Waals surface area contributed by atoms with Gasteiger partial charge in [0.2, 0.25) is 0 Å². The number of hydrogen-bond acceptors (Lipinski definition) is 4. The van der Waals surface area contributed by atoms with Gasteiger partial charge >= 0.3 is 0 Å². The molecular formula is C16H27NO3. The highest BCUT2D eigenvalue weighted by Gasteiger charge is 2.09. The molecule has 0 aliphatic rings. The van der Waals surface area contributed by atoms with Gasteiger partial charge in [0.25, 0.3) is 0 Å². The standard InChI is InChI=1S/C16H27NO3/c1-4-14(17)11-13-12-15(18-3)7-8-16(13)20-10-6-9-19-5-2/h7-8,12,14H,4-6,9-11,17H2,1-3H3. The molecule has 1 atom stereocenters. The van der Waals surface area contributed by atoms with Crippen LogP contribution in [0.2, 0.25) is 0 Å². The highest BCUT2D eigenvalue weighted by atomic mass is 16.5. The molecule has 0 spiro atoms. The summed E-state index contributed by atoms with van der Waals surface area (Å²) in [6.45, 7) is 6.22. The predicted octanol–water partition coefficient (Wildman–Crippen LogP) is 2.78. The van der Waals surface area contributed by atoms with Crippen LogP contribution < -0.4 is 15.2 Å². The minimum atomic E-state index is 0.146. The summed E-state index contributed by atoms with van der Waals surface area (Å²) in [5.41, 5.74) is 7.15. The summed E-state index contributed by atoms with van der Waals surface area (Å²) in [7, 11) is 1.67. The smallest absolute Gasteiger partial charge is 0.122 e. The van der Waals surface area contributed by atoms with Gasteiger partial charge in [-0.2, -0.15) is 0 Å². The Hall–Kier alpha value is -1.26. The van der Waals surface area contributed by atoms with E-state index in [-0.39, 0.29) is 6.04 Å². The zero-order valence-corrected chi connectivity index (χ0v) is 12.9. The molecule has 0 aromatic heterocycles. The Balaban J connectivity index is 2.62. The van der Waals surface area contributed by atoms with Gasteiger partial charge in [-0.15, -0.1) is 0 Å². The normalized spacial score (nSPS) is 12.2. The van der Waals surface area contributed by atoms with Gasteiger partial charge in [0.15, 0.2) is 0 Å². The van der Waals surface area contributed by atoms with Crippen molar-refractivity contribution in [3.8, 4) is 11.5 Å². The number of nitrogens with two attached hydrogens (primary N) is 1. The van der Waals surface area contributed by atoms with Crippen LogP contribution >= 0.6 is 0 Å². The lowest BCUT2D eigenvalue weighted by Gasteiger charge is -2.15. The third-order valence-corrected chi connectivity index (χ3v) is 3.17. The van der Waals surface area contributed by atoms with Crippen LogP contribution in [0.1, 0.15) is 32.3 Å². The fourth-order valence-electron chi connectivity index (χ4n) is 1.90. The molecule has 1 aromatic rings. The highest BCUT2D eigenvalue weighted by Crippen LogP contribution is 2.25. The molecule has 0 bridgehead atoms. The summed E-state index contributed by atoms with van der Waals surface area (Å²) in [4.78, 5) is 0. The number of ether oxygens (including phenoxy) is 3. The van der Waals surface area contributed by atoms with Crippen LogP contribution in [-0.2, 0) is 11.2 Å². The molecule has 0 aliphatic heterocycles. The van der Waals surface area contributed by atoms with Crippen LogP contribution in [0.25, 0.3) is 0 Å². The summed E-state index contributed by atoms with van der Waals surface area (Å²) in [5.74, 6) is 1.73. The third kappa shape index (κ3) is 5.80. The van der Waals surface area contributed by atoms with Crippen LogP contribution in [-0.4, -0.2) is 33.0 Å². The first-order chi connectivity index (χ1) is 9.71. The zero-order valence-electron chi connectivity index (χ0n) is 12.9. The Morgan fingerprint density at radius 2 is 2.00 bits per heavy atom. The molecule has 0 saturated carbocycles. The molecule has 0 aliphatic carbocycles. The van der Waals surface area contributed by atoms with Crippen molar-refractivity contribution in [3.05, 3.63) is 23.8 Å². The first kappa shape index (κ1) is 16.8. The summed E-state index contributed by atoms with van der Waals surface area (Å²) in [6.07, 6.45) is 2.63. The van der Waals surface area contributed by atoms with Crippen molar-refractivity contribution < 1.29 is 14.2 Å². The van der Waals surface area contributed by atoms with Gasteiger partial charge in [-0.3, -0.25) is 0 Å². The van der Waals surface area contributed by atoms with E-state index in [0.717, 1.165) is 49.5 Å². The summed E-state index contributed by atoms with van der Waals surface area (Å²) in [6, 6.07) is 6.02. The second-order valence-electron chi connectivity index (χ2n) is 4.75. The van der Waals surface area contributed by atoms with Gasteiger partial charge in [-0.1, -0.05) is 6.92 Å². The lowest BCUT2D eigenvalue weighted by atomic mass is 10.0. The van der Waals surface area contributed by atoms with E-state index >= 15 is 0 Å². The first-order valence-electron chi connectivity index (χ1n) is 7.34. The van der Waals surface area contributed by atoms with E-state index in [1.165, 1.54) is 0 Å². The molecule has 1 aromatic carbocycles. The maximum Gasteiger partial charge on any atom is 0.122 e. The molecule has 0 radical (unpaired) electrons. The monoisotopic (exact) mass is 281 g/mol. The first-order valence-corrected chi connectivity index (χ1v) is 7.34. The topological polar surface area (TPSA) is 53.7 Å². The van der Waals surface area contributed by atoms with Gasteiger partial charge in [-0.25, -0.2) is 0 Å². The number of hydrogen-bond donors (Lipinski definition) is 1. The molecule has 0 heterocycles. The minimum absolute atomic E-state index is 0.146. The van der Waals surface area contributed by atoms with E-state index in [2.05, 4.69) is 6.92 Å². The van der Waals surface area contributed by atoms with E-state index in [0.29, 0.717) is 6.61 Å². The summed E-state index contributed by atoms with van der Waals surface area (Å²) >= 11 is 0. The van der Waals surface area contributed by atoms with Crippen LogP contribution in [0.15, 0.2) is 18.2 Å². The Bertz CT molecular complexity index is 382. The van der Waals surface area contributed by atoms with Crippen molar-refractivity contribution >= 4 is 0 Å². The van der Waals surface area contributed by atoms with E-state index in [4.69, 9.17) is 19.9 Å².